The van der Waals surface area contributed by atoms with Crippen molar-refractivity contribution in [2.75, 3.05) is 10.6 Å². The maximum absolute atomic E-state index is 11.6. The molecule has 0 atom stereocenters. The van der Waals surface area contributed by atoms with E-state index in [0.29, 0.717) is 22.0 Å². The van der Waals surface area contributed by atoms with Gasteiger partial charge in [0.1, 0.15) is 6.33 Å². The molecule has 0 radical (unpaired) electrons. The van der Waals surface area contributed by atoms with E-state index in [9.17, 15) is 14.9 Å². The van der Waals surface area contributed by atoms with E-state index in [-0.39, 0.29) is 23.1 Å². The maximum atomic E-state index is 11.6. The van der Waals surface area contributed by atoms with E-state index in [4.69, 9.17) is 11.6 Å². The van der Waals surface area contributed by atoms with E-state index in [2.05, 4.69) is 20.6 Å². The second kappa shape index (κ2) is 7.79. The lowest BCUT2D eigenvalue weighted by Crippen LogP contribution is -2.05. The fraction of sp³-hybridized carbons (Fsp3) is 0.0556. The van der Waals surface area contributed by atoms with Crippen LogP contribution in [0.4, 0.5) is 28.7 Å². The number of halogens is 1. The molecule has 9 heteroatoms. The summed E-state index contributed by atoms with van der Waals surface area (Å²) in [6.07, 6.45) is 1.21. The van der Waals surface area contributed by atoms with Crippen molar-refractivity contribution in [3.05, 3.63) is 75.6 Å². The molecule has 0 aliphatic rings. The van der Waals surface area contributed by atoms with Gasteiger partial charge in [-0.3, -0.25) is 14.9 Å². The molecule has 0 fully saturated rings. The van der Waals surface area contributed by atoms with Crippen LogP contribution in [0.3, 0.4) is 0 Å². The van der Waals surface area contributed by atoms with Gasteiger partial charge < -0.3 is 10.6 Å². The first-order valence-corrected chi connectivity index (χ1v) is 8.22. The second-order valence-electron chi connectivity index (χ2n) is 5.57. The predicted octanol–water partition coefficient (Wildman–Crippen LogP) is 4.73. The van der Waals surface area contributed by atoms with Gasteiger partial charge in [0.05, 0.1) is 4.92 Å². The Labute approximate surface area is 159 Å². The van der Waals surface area contributed by atoms with Crippen molar-refractivity contribution in [1.82, 2.24) is 9.97 Å². The molecule has 1 aromatic heterocycles. The number of nitrogens with zero attached hydrogens (tertiary/aromatic N) is 3. The third-order valence-corrected chi connectivity index (χ3v) is 3.88. The Bertz CT molecular complexity index is 1010. The highest BCUT2D eigenvalue weighted by atomic mass is 35.5. The van der Waals surface area contributed by atoms with Crippen molar-refractivity contribution in [3.8, 4) is 0 Å². The average molecular weight is 384 g/mol. The molecule has 136 valence electrons. The molecule has 0 spiro atoms. The highest BCUT2D eigenvalue weighted by molar-refractivity contribution is 6.30. The van der Waals surface area contributed by atoms with Gasteiger partial charge in [0.2, 0.25) is 11.6 Å². The highest BCUT2D eigenvalue weighted by Gasteiger charge is 2.23. The first-order valence-electron chi connectivity index (χ1n) is 7.84. The lowest BCUT2D eigenvalue weighted by atomic mass is 10.1. The van der Waals surface area contributed by atoms with Crippen molar-refractivity contribution < 1.29 is 9.72 Å². The number of aromatic nitrogens is 2. The topological polar surface area (TPSA) is 110 Å². The minimum atomic E-state index is -0.570. The lowest BCUT2D eigenvalue weighted by Gasteiger charge is -2.10. The average Bonchev–Trinajstić information content (AvgIpc) is 2.62. The first kappa shape index (κ1) is 18.3. The summed E-state index contributed by atoms with van der Waals surface area (Å²) in [5.74, 6) is -0.0159. The minimum absolute atomic E-state index is 0.0232. The molecule has 0 saturated heterocycles. The largest absolute Gasteiger partial charge is 0.353 e. The van der Waals surface area contributed by atoms with Crippen LogP contribution in [0.1, 0.15) is 17.3 Å². The summed E-state index contributed by atoms with van der Waals surface area (Å²) < 4.78 is 0. The van der Waals surface area contributed by atoms with Gasteiger partial charge in [-0.15, -0.1) is 0 Å². The van der Waals surface area contributed by atoms with Gasteiger partial charge in [-0.25, -0.2) is 9.97 Å². The summed E-state index contributed by atoms with van der Waals surface area (Å²) in [6, 6.07) is 13.3. The quantitative estimate of drug-likeness (QED) is 0.359. The van der Waals surface area contributed by atoms with Gasteiger partial charge in [-0.1, -0.05) is 17.7 Å². The molecule has 0 bridgehead atoms. The number of Topliss-reactive ketones (excluding diaryl/α,β-unsaturated/α-hetero) is 1. The number of benzene rings is 2. The van der Waals surface area contributed by atoms with Crippen LogP contribution in [0.5, 0.6) is 0 Å². The van der Waals surface area contributed by atoms with Gasteiger partial charge in [0.25, 0.3) is 0 Å². The number of rotatable bonds is 6. The SMILES string of the molecule is CC(=O)c1ccc(Nc2ncnc(Nc3cccc(Cl)c3)c2[N+](=O)[O-])cc1. The van der Waals surface area contributed by atoms with Crippen LogP contribution in [-0.4, -0.2) is 20.7 Å². The van der Waals surface area contributed by atoms with Crippen LogP contribution >= 0.6 is 11.6 Å². The maximum Gasteiger partial charge on any atom is 0.353 e. The Morgan fingerprint density at radius 1 is 1.04 bits per heavy atom. The standard InChI is InChI=1S/C18H14ClN5O3/c1-11(25)12-5-7-14(8-6-12)22-17-16(24(26)27)18(21-10-20-17)23-15-4-2-3-13(19)9-15/h2-10H,1H3,(H2,20,21,22,23). The zero-order valence-corrected chi connectivity index (χ0v) is 14.9. The van der Waals surface area contributed by atoms with Crippen molar-refractivity contribution in [2.24, 2.45) is 0 Å². The molecule has 2 aromatic carbocycles. The zero-order chi connectivity index (χ0) is 19.4. The predicted molar refractivity (Wildman–Crippen MR) is 103 cm³/mol. The number of ketones is 1. The molecular weight excluding hydrogens is 370 g/mol. The van der Waals surface area contributed by atoms with Gasteiger partial charge in [-0.2, -0.15) is 0 Å². The first-order chi connectivity index (χ1) is 12.9. The van der Waals surface area contributed by atoms with E-state index >= 15 is 0 Å². The zero-order valence-electron chi connectivity index (χ0n) is 14.1. The van der Waals surface area contributed by atoms with Crippen LogP contribution in [0.2, 0.25) is 5.02 Å². The number of hydrogen-bond donors (Lipinski definition) is 2. The molecule has 8 nitrogen and oxygen atoms in total. The van der Waals surface area contributed by atoms with E-state index in [0.717, 1.165) is 0 Å². The van der Waals surface area contributed by atoms with Crippen molar-refractivity contribution in [3.63, 3.8) is 0 Å². The van der Waals surface area contributed by atoms with Crippen LogP contribution in [-0.2, 0) is 0 Å². The van der Waals surface area contributed by atoms with Gasteiger partial charge in [-0.05, 0) is 49.4 Å². The van der Waals surface area contributed by atoms with Gasteiger partial charge >= 0.3 is 5.69 Å². The summed E-state index contributed by atoms with van der Waals surface area (Å²) in [5, 5.41) is 17.9. The molecule has 0 saturated carbocycles. The number of hydrogen-bond acceptors (Lipinski definition) is 7. The number of nitro groups is 1. The molecule has 27 heavy (non-hydrogen) atoms. The third-order valence-electron chi connectivity index (χ3n) is 3.65. The number of carbonyl (C=O) groups excluding carboxylic acids is 1. The van der Waals surface area contributed by atoms with Crippen molar-refractivity contribution in [1.29, 1.82) is 0 Å². The third kappa shape index (κ3) is 4.36. The van der Waals surface area contributed by atoms with E-state index < -0.39 is 4.92 Å². The molecule has 0 aliphatic carbocycles. The van der Waals surface area contributed by atoms with E-state index in [1.165, 1.54) is 13.3 Å². The van der Waals surface area contributed by atoms with Gasteiger partial charge in [0, 0.05) is 22.0 Å². The molecule has 3 rings (SSSR count). The fourth-order valence-electron chi connectivity index (χ4n) is 2.36. The van der Waals surface area contributed by atoms with E-state index in [1.54, 1.807) is 48.5 Å². The molecule has 2 N–H and O–H groups in total. The Balaban J connectivity index is 1.93. The lowest BCUT2D eigenvalue weighted by molar-refractivity contribution is -0.383. The summed E-state index contributed by atoms with van der Waals surface area (Å²) in [4.78, 5) is 30.3. The van der Waals surface area contributed by atoms with Crippen molar-refractivity contribution in [2.45, 2.75) is 6.92 Å². The number of anilines is 4. The Kier molecular flexibility index (Phi) is 5.28. The Hall–Kier alpha value is -3.52. The summed E-state index contributed by atoms with van der Waals surface area (Å²) >= 11 is 5.94. The van der Waals surface area contributed by atoms with Crippen molar-refractivity contribution >= 4 is 46.1 Å². The highest BCUT2D eigenvalue weighted by Crippen LogP contribution is 2.33. The van der Waals surface area contributed by atoms with Crippen LogP contribution in [0.25, 0.3) is 0 Å². The monoisotopic (exact) mass is 383 g/mol. The fourth-order valence-corrected chi connectivity index (χ4v) is 2.55. The van der Waals surface area contributed by atoms with E-state index in [1.807, 2.05) is 0 Å². The molecule has 0 aliphatic heterocycles. The summed E-state index contributed by atoms with van der Waals surface area (Å²) in [7, 11) is 0. The normalized spacial score (nSPS) is 10.3. The smallest absolute Gasteiger partial charge is 0.334 e. The Morgan fingerprint density at radius 2 is 1.67 bits per heavy atom. The van der Waals surface area contributed by atoms with Crippen LogP contribution in [0, 0.1) is 10.1 Å². The molecule has 3 aromatic rings. The van der Waals surface area contributed by atoms with Gasteiger partial charge in [0.15, 0.2) is 5.78 Å². The summed E-state index contributed by atoms with van der Waals surface area (Å²) in [5.41, 5.74) is 1.34. The Morgan fingerprint density at radius 3 is 2.22 bits per heavy atom. The number of nitrogens with one attached hydrogen (secondary N) is 2. The van der Waals surface area contributed by atoms with Crippen LogP contribution in [0.15, 0.2) is 54.9 Å². The van der Waals surface area contributed by atoms with Crippen LogP contribution < -0.4 is 10.6 Å². The molecule has 0 unspecified atom stereocenters. The molecule has 1 heterocycles. The minimum Gasteiger partial charge on any atom is -0.334 e. The summed E-state index contributed by atoms with van der Waals surface area (Å²) in [6.45, 7) is 1.46. The number of carbonyl (C=O) groups is 1. The second-order valence-corrected chi connectivity index (χ2v) is 6.01. The molecule has 0 amide bonds. The molecular formula is C18H14ClN5O3.